The second kappa shape index (κ2) is 27.9. The Hall–Kier alpha value is -9.19. The first-order valence-corrected chi connectivity index (χ1v) is 28.9. The van der Waals surface area contributed by atoms with Gasteiger partial charge in [0.05, 0.1) is 64.5 Å². The van der Waals surface area contributed by atoms with Crippen LogP contribution in [0.4, 0.5) is 5.82 Å². The predicted molar refractivity (Wildman–Crippen MR) is 326 cm³/mol. The van der Waals surface area contributed by atoms with Gasteiger partial charge in [-0.3, -0.25) is 37.9 Å². The first-order chi connectivity index (χ1) is 40.7. The molecule has 430 valence electrons. The number of ketones is 2. The Morgan fingerprint density at radius 3 is 1.84 bits per heavy atom. The molecule has 0 aliphatic carbocycles. The summed E-state index contributed by atoms with van der Waals surface area (Å²) in [4.78, 5) is 104. The highest BCUT2D eigenvalue weighted by atomic mass is 35.5. The maximum Gasteiger partial charge on any atom is 0.376 e. The van der Waals surface area contributed by atoms with E-state index in [1.807, 2.05) is 66.7 Å². The third kappa shape index (κ3) is 15.7. The molecule has 0 saturated carbocycles. The van der Waals surface area contributed by atoms with Gasteiger partial charge in [-0.1, -0.05) is 116 Å². The smallest absolute Gasteiger partial charge is 0.376 e. The predicted octanol–water partition coefficient (Wildman–Crippen LogP) is 9.82. The van der Waals surface area contributed by atoms with Crippen molar-refractivity contribution in [3.63, 3.8) is 0 Å². The van der Waals surface area contributed by atoms with Crippen molar-refractivity contribution in [2.75, 3.05) is 12.4 Å². The molecule has 0 fully saturated rings. The zero-order chi connectivity index (χ0) is 61.0. The molecule has 0 aliphatic rings. The average Bonchev–Trinajstić information content (AvgIpc) is 4.38. The molecule has 6 aromatic heterocycles. The molecule has 0 saturated heterocycles. The topological polar surface area (TPSA) is 244 Å². The van der Waals surface area contributed by atoms with Crippen LogP contribution in [0, 0.1) is 29.1 Å². The van der Waals surface area contributed by atoms with Gasteiger partial charge in [0, 0.05) is 55.8 Å². The Kier molecular flexibility index (Phi) is 20.3. The minimum Gasteiger partial charge on any atom is -0.475 e. The van der Waals surface area contributed by atoms with Crippen LogP contribution in [0.15, 0.2) is 160 Å². The van der Waals surface area contributed by atoms with Crippen molar-refractivity contribution in [1.82, 2.24) is 28.7 Å². The fraction of sp³-hybridized carbons (Fsp3) is 0.161. The number of carboxylic acid groups (broad SMARTS) is 1. The van der Waals surface area contributed by atoms with Crippen molar-refractivity contribution in [2.45, 2.75) is 57.8 Å². The molecule has 0 radical (unpaired) electrons. The zero-order valence-corrected chi connectivity index (χ0v) is 49.6. The Labute approximate surface area is 508 Å². The molecule has 18 nitrogen and oxygen atoms in total. The number of thioether (sulfide) groups is 1. The third-order valence-electron chi connectivity index (χ3n) is 12.2. The van der Waals surface area contributed by atoms with E-state index in [4.69, 9.17) is 23.2 Å². The SMILES string of the molecule is COC(=O)C(=O)Cn1c(-c2cc(SCc3ccc(Cl)s3)n(C(=O)C(C)(C)C)n2)ccc(C#Cc2ccccc2)c1=O.O=C(O)C(=O)Cn1c(-c2cc(NCc3ccc(Cl)s3)n(C(=O)c3ccc(CO)cc3)n2)c(C#Cc2ccccc2)ccc1=O. The van der Waals surface area contributed by atoms with Gasteiger partial charge >= 0.3 is 11.9 Å². The van der Waals surface area contributed by atoms with Crippen molar-refractivity contribution in [3.8, 4) is 46.5 Å². The number of carbonyl (C=O) groups excluding carboxylic acids is 5. The van der Waals surface area contributed by atoms with Crippen LogP contribution in [0.1, 0.15) is 73.5 Å². The summed E-state index contributed by atoms with van der Waals surface area (Å²) < 4.78 is 10.4. The lowest BCUT2D eigenvalue weighted by molar-refractivity contribution is -0.151. The second-order valence-corrected chi connectivity index (χ2v) is 23.9. The molecule has 6 heterocycles. The lowest BCUT2D eigenvalue weighted by Gasteiger charge is -2.17. The minimum atomic E-state index is -1.70. The van der Waals surface area contributed by atoms with Gasteiger partial charge in [-0.15, -0.1) is 34.4 Å². The number of anilines is 1. The summed E-state index contributed by atoms with van der Waals surface area (Å²) in [7, 11) is 1.09. The van der Waals surface area contributed by atoms with E-state index in [0.29, 0.717) is 42.7 Å². The molecule has 0 unspecified atom stereocenters. The molecule has 0 spiro atoms. The van der Waals surface area contributed by atoms with Crippen molar-refractivity contribution in [3.05, 3.63) is 218 Å². The summed E-state index contributed by atoms with van der Waals surface area (Å²) in [6.45, 7) is 4.10. The number of nitrogens with zero attached hydrogens (tertiary/aromatic N) is 6. The van der Waals surface area contributed by atoms with Crippen molar-refractivity contribution >= 4 is 98.8 Å². The van der Waals surface area contributed by atoms with E-state index in [9.17, 15) is 48.6 Å². The van der Waals surface area contributed by atoms with E-state index in [1.54, 1.807) is 75.4 Å². The fourth-order valence-electron chi connectivity index (χ4n) is 7.93. The molecule has 0 amide bonds. The summed E-state index contributed by atoms with van der Waals surface area (Å²) >= 11 is 16.4. The number of ether oxygens (including phenoxy) is 1. The largest absolute Gasteiger partial charge is 0.475 e. The number of aliphatic hydroxyl groups is 1. The average molecular weight is 1240 g/mol. The maximum absolute atomic E-state index is 13.7. The van der Waals surface area contributed by atoms with Crippen LogP contribution in [0.25, 0.3) is 22.8 Å². The van der Waals surface area contributed by atoms with Gasteiger partial charge in [0.15, 0.2) is 0 Å². The van der Waals surface area contributed by atoms with Gasteiger partial charge in [-0.05, 0) is 84.4 Å². The molecule has 85 heavy (non-hydrogen) atoms. The Morgan fingerprint density at radius 1 is 0.671 bits per heavy atom. The standard InChI is InChI=1S/C32H23ClN4O6S.C30H26ClN3O5S2/c33-27-14-13-24(44-27)17-34-28-16-25(35-37(28)31(41)23-10-7-21(19-38)8-11-23)30-22(9-6-20-4-2-1-3-5-20)12-15-29(40)36(30)18-26(39)32(42)43;1-30(2,3)29(38)34-26(40-18-21-13-15-25(31)41-21)16-22(32-34)23-14-12-20(11-10-19-8-6-5-7-9-19)27(36)33(23)17-24(35)28(37)39-4/h1-5,7-8,10-16,34,38H,17-19H2,(H,42,43);5-9,12-16H,17-18H2,1-4H3. The second-order valence-electron chi connectivity index (χ2n) is 19.3. The highest BCUT2D eigenvalue weighted by molar-refractivity contribution is 7.98. The molecule has 0 aliphatic heterocycles. The van der Waals surface area contributed by atoms with E-state index in [1.165, 1.54) is 63.4 Å². The van der Waals surface area contributed by atoms with E-state index in [-0.39, 0.29) is 57.8 Å². The van der Waals surface area contributed by atoms with Gasteiger partial charge in [-0.25, -0.2) is 9.59 Å². The Balaban J connectivity index is 0.000000222. The molecule has 3 aromatic carbocycles. The van der Waals surface area contributed by atoms with Crippen LogP contribution in [0.3, 0.4) is 0 Å². The summed E-state index contributed by atoms with van der Waals surface area (Å²) in [6, 6.07) is 40.9. The number of thiophene rings is 2. The molecule has 0 bridgehead atoms. The van der Waals surface area contributed by atoms with Crippen molar-refractivity contribution in [2.24, 2.45) is 5.41 Å². The number of Topliss-reactive ketones (excluding diaryl/α,β-unsaturated/α-hetero) is 2. The van der Waals surface area contributed by atoms with E-state index < -0.39 is 59.0 Å². The van der Waals surface area contributed by atoms with E-state index in [2.05, 4.69) is 43.9 Å². The monoisotopic (exact) mass is 1230 g/mol. The first kappa shape index (κ1) is 61.9. The van der Waals surface area contributed by atoms with Crippen LogP contribution < -0.4 is 16.4 Å². The number of carboxylic acids is 1. The van der Waals surface area contributed by atoms with Crippen LogP contribution >= 0.6 is 57.6 Å². The lowest BCUT2D eigenvalue weighted by Crippen LogP contribution is -2.31. The van der Waals surface area contributed by atoms with E-state index >= 15 is 0 Å². The van der Waals surface area contributed by atoms with Crippen LogP contribution in [0.2, 0.25) is 8.67 Å². The summed E-state index contributed by atoms with van der Waals surface area (Å²) in [5.74, 6) is 6.92. The number of nitrogens with one attached hydrogen (secondary N) is 1. The molecule has 23 heteroatoms. The van der Waals surface area contributed by atoms with Crippen LogP contribution in [0.5, 0.6) is 0 Å². The first-order valence-electron chi connectivity index (χ1n) is 25.6. The zero-order valence-electron chi connectivity index (χ0n) is 45.6. The number of rotatable bonds is 16. The maximum atomic E-state index is 13.7. The number of esters is 1. The number of carbonyl (C=O) groups is 6. The van der Waals surface area contributed by atoms with Crippen LogP contribution in [-0.4, -0.2) is 81.3 Å². The third-order valence-corrected chi connectivity index (χ3v) is 15.9. The van der Waals surface area contributed by atoms with Gasteiger partial charge in [-0.2, -0.15) is 19.6 Å². The quantitative estimate of drug-likeness (QED) is 0.0353. The minimum absolute atomic E-state index is 0.0694. The molecular weight excluding hydrogens is 1190 g/mol. The molecular formula is C62H49Cl2N7O11S3. The number of methoxy groups -OCH3 is 1. The normalized spacial score (nSPS) is 10.8. The van der Waals surface area contributed by atoms with Crippen molar-refractivity contribution < 1.29 is 43.7 Å². The molecule has 9 rings (SSSR count). The number of aromatic nitrogens is 6. The summed E-state index contributed by atoms with van der Waals surface area (Å²) in [5, 5.41) is 31.5. The fourth-order valence-corrected chi connectivity index (χ4v) is 11.1. The number of aliphatic hydroxyl groups excluding tert-OH is 1. The Bertz CT molecular complexity index is 4270. The highest BCUT2D eigenvalue weighted by Crippen LogP contribution is 2.34. The van der Waals surface area contributed by atoms with Gasteiger partial charge in [0.1, 0.15) is 22.2 Å². The highest BCUT2D eigenvalue weighted by Gasteiger charge is 2.29. The Morgan fingerprint density at radius 2 is 1.26 bits per heavy atom. The number of benzene rings is 3. The van der Waals surface area contributed by atoms with Gasteiger partial charge in [0.25, 0.3) is 34.5 Å². The number of hydrogen-bond donors (Lipinski definition) is 3. The van der Waals surface area contributed by atoms with E-state index in [0.717, 1.165) is 30.7 Å². The molecule has 9 aromatic rings. The number of hydrogen-bond acceptors (Lipinski definition) is 16. The molecule has 3 N–H and O–H groups in total. The number of aliphatic carboxylic acids is 1. The number of pyridine rings is 2. The van der Waals surface area contributed by atoms with Crippen LogP contribution in [-0.2, 0) is 55.9 Å². The lowest BCUT2D eigenvalue weighted by atomic mass is 9.96. The summed E-state index contributed by atoms with van der Waals surface area (Å²) in [5.41, 5.74) is 1.42. The number of halogens is 2. The molecule has 0 atom stereocenters. The van der Waals surface area contributed by atoms with Gasteiger partial charge in [0.2, 0.25) is 0 Å². The van der Waals surface area contributed by atoms with Crippen molar-refractivity contribution in [1.29, 1.82) is 0 Å². The van der Waals surface area contributed by atoms with Gasteiger partial charge < -0.3 is 20.3 Å². The summed E-state index contributed by atoms with van der Waals surface area (Å²) in [6.07, 6.45) is 0.